The van der Waals surface area contributed by atoms with E-state index < -0.39 is 0 Å². The summed E-state index contributed by atoms with van der Waals surface area (Å²) in [5, 5.41) is 26.5. The molecule has 0 atom stereocenters. The maximum absolute atomic E-state index is 10.9. The Hall–Kier alpha value is -10.1. The summed E-state index contributed by atoms with van der Waals surface area (Å²) in [6.45, 7) is 18.9. The molecular weight excluding hydrogens is 1510 g/mol. The Bertz CT molecular complexity index is 5570. The number of amides is 2. The molecule has 14 aromatic heterocycles. The summed E-state index contributed by atoms with van der Waals surface area (Å²) in [4.78, 5) is 98.1. The molecule has 1 saturated heterocycles. The minimum absolute atomic E-state index is 0.0602. The van der Waals surface area contributed by atoms with E-state index in [1.807, 2.05) is 108 Å². The number of nitrogens with one attached hydrogen (secondary N) is 2. The SMILES string of the molecule is C#CC.CN1C(=O)CCC1=O.Cc1[nH]c2ncnc(Cl)c2c1Br.Cc1[nH]c2ncnc(Cl)c2c1C=O.Cc1c(C=NO)c2c(Cl)ncnc2n1C.Cc1c(C=O)c2c(Cl)ncnc2n1C.Cc1cc(-c2c(C)n(C)c3ncnc(Cl)c23)no1.Cc1onc(-c2c(C)n(C)c3ncnc(Cl)c23)c1C. The van der Waals surface area contributed by atoms with Crippen molar-refractivity contribution < 1.29 is 33.4 Å². The molecule has 3 N–H and O–H groups in total. The number of oxime groups is 1. The monoisotopic (exact) mass is 1560 g/mol. The van der Waals surface area contributed by atoms with Crippen LogP contribution < -0.4 is 0 Å². The quantitative estimate of drug-likeness (QED) is 0.0274. The second-order valence-electron chi connectivity index (χ2n) is 22.3. The molecule has 1 aliphatic heterocycles. The van der Waals surface area contributed by atoms with Crippen molar-refractivity contribution in [3.8, 4) is 34.9 Å². The average molecular weight is 1570 g/mol. The Balaban J connectivity index is 0.000000152. The third-order valence-electron chi connectivity index (χ3n) is 16.4. The van der Waals surface area contributed by atoms with E-state index in [4.69, 9.17) is 83.9 Å². The number of carbonyl (C=O) groups is 4. The fourth-order valence-electron chi connectivity index (χ4n) is 10.5. The zero-order chi connectivity index (χ0) is 74.9. The zero-order valence-electron chi connectivity index (χ0n) is 57.3. The van der Waals surface area contributed by atoms with Crippen molar-refractivity contribution in [1.82, 2.24) is 103 Å². The fraction of sp³-hybridized carbons (Fsp3) is 0.258. The smallest absolute Gasteiger partial charge is 0.229 e. The highest BCUT2D eigenvalue weighted by molar-refractivity contribution is 9.10. The molecule has 1 aliphatic rings. The van der Waals surface area contributed by atoms with Crippen LogP contribution in [0.2, 0.25) is 30.9 Å². The minimum Gasteiger partial charge on any atom is -0.411 e. The van der Waals surface area contributed by atoms with Crippen molar-refractivity contribution in [2.45, 2.75) is 82.1 Å². The third-order valence-corrected chi connectivity index (χ3v) is 19.1. The van der Waals surface area contributed by atoms with Crippen LogP contribution in [0.3, 0.4) is 0 Å². The summed E-state index contributed by atoms with van der Waals surface area (Å²) in [6.07, 6.45) is 16.8. The van der Waals surface area contributed by atoms with Gasteiger partial charge in [-0.05, 0) is 85.2 Å². The van der Waals surface area contributed by atoms with Crippen molar-refractivity contribution in [3.63, 3.8) is 0 Å². The molecule has 0 aliphatic carbocycles. The first kappa shape index (κ1) is 77.6. The van der Waals surface area contributed by atoms with Gasteiger partial charge in [0.15, 0.2) is 12.6 Å². The van der Waals surface area contributed by atoms with Gasteiger partial charge in [0.05, 0.1) is 43.0 Å². The number of aryl methyl sites for hydroxylation is 8. The number of aldehydes is 2. The minimum atomic E-state index is -0.0602. The Kier molecular flexibility index (Phi) is 25.5. The predicted molar refractivity (Wildman–Crippen MR) is 395 cm³/mol. The number of terminal acetylenes is 1. The van der Waals surface area contributed by atoms with Gasteiger partial charge in [-0.2, -0.15) is 0 Å². The number of imide groups is 1. The molecule has 36 heteroatoms. The first-order valence-electron chi connectivity index (χ1n) is 30.1. The number of rotatable bonds is 5. The summed E-state index contributed by atoms with van der Waals surface area (Å²) in [6, 6.07) is 1.88. The van der Waals surface area contributed by atoms with Crippen LogP contribution in [0.1, 0.15) is 97.3 Å². The van der Waals surface area contributed by atoms with Gasteiger partial charge in [0.25, 0.3) is 0 Å². The molecule has 0 aromatic carbocycles. The van der Waals surface area contributed by atoms with Crippen molar-refractivity contribution in [3.05, 3.63) is 147 Å². The molecule has 528 valence electrons. The number of aromatic amines is 2. The number of fused-ring (bicyclic) bond motifs is 6. The van der Waals surface area contributed by atoms with Gasteiger partial charge in [0.1, 0.15) is 126 Å². The Morgan fingerprint density at radius 2 is 0.902 bits per heavy atom. The summed E-state index contributed by atoms with van der Waals surface area (Å²) < 4.78 is 19.0. The Labute approximate surface area is 619 Å². The topological polar surface area (TPSA) is 362 Å². The largest absolute Gasteiger partial charge is 0.411 e. The number of halogens is 7. The molecule has 14 aromatic rings. The zero-order valence-corrected chi connectivity index (χ0v) is 63.4. The predicted octanol–water partition coefficient (Wildman–Crippen LogP) is 14.4. The Morgan fingerprint density at radius 1 is 0.520 bits per heavy atom. The highest BCUT2D eigenvalue weighted by Gasteiger charge is 2.26. The van der Waals surface area contributed by atoms with Crippen LogP contribution in [0.5, 0.6) is 0 Å². The van der Waals surface area contributed by atoms with Gasteiger partial charge in [0, 0.05) is 122 Å². The number of H-pyrrole nitrogens is 2. The number of carbonyl (C=O) groups excluding carboxylic acids is 4. The van der Waals surface area contributed by atoms with Crippen LogP contribution in [-0.2, 0) is 37.8 Å². The van der Waals surface area contributed by atoms with Gasteiger partial charge in [-0.25, -0.2) is 59.8 Å². The van der Waals surface area contributed by atoms with E-state index in [9.17, 15) is 19.2 Å². The maximum Gasteiger partial charge on any atom is 0.229 e. The average Bonchev–Trinajstić information content (AvgIpc) is 1.63. The molecule has 0 radical (unpaired) electrons. The third kappa shape index (κ3) is 15.8. The lowest BCUT2D eigenvalue weighted by molar-refractivity contribution is -0.136. The standard InChI is InChI=1S/C13H13ClN4O.C12H11ClN4O.C9H9ClN4O.C9H8ClN3O.C8H6ClN3O.C7H5BrClN3.C5H7NO2.C3H4/c1-6-8(3)19-17-11(6)9-7(2)18(4)13-10(9)12(14)15-5-16-13;1-6-4-8(16-18-6)9-7(2)17(3)12-10(9)11(13)14-5-15-12;1-5-6(3-13-15)7-8(10)11-4-12-9(7)14(5)2;1-5-6(3-14)7-8(10)11-4-12-9(7)13(5)2;1-4-5(2-13)6-7(9)10-3-11-8(6)12-4;1-3-5(8)4-6(9)10-2-11-7(4)12-3;1-6-4(7)2-3-5(6)8;1-3-2/h5H,1-4H3;4-5H,1-3H3;3-4,15H,1-2H3;3-4H,1-2H3;2-3H,1H3,(H,10,11,12);2H,1H3,(H,10,11,12);2-3H2,1H3;1H,2H3. The van der Waals surface area contributed by atoms with Crippen molar-refractivity contribution >= 4 is 182 Å². The van der Waals surface area contributed by atoms with Gasteiger partial charge >= 0.3 is 0 Å². The molecule has 0 bridgehead atoms. The summed E-state index contributed by atoms with van der Waals surface area (Å²) >= 11 is 39.4. The molecular formula is C66H63BrCl6N22O7. The molecule has 29 nitrogen and oxygen atoms in total. The molecule has 15 rings (SSSR count). The highest BCUT2D eigenvalue weighted by atomic mass is 79.9. The van der Waals surface area contributed by atoms with E-state index in [0.29, 0.717) is 82.3 Å². The van der Waals surface area contributed by atoms with Gasteiger partial charge in [-0.1, -0.05) is 85.1 Å². The van der Waals surface area contributed by atoms with Crippen LogP contribution in [0.4, 0.5) is 0 Å². The maximum atomic E-state index is 10.9. The molecule has 1 fully saturated rings. The number of likely N-dealkylation sites (tertiary alicyclic amines) is 1. The van der Waals surface area contributed by atoms with Crippen LogP contribution in [0.15, 0.2) is 62.7 Å². The van der Waals surface area contributed by atoms with Crippen LogP contribution in [0.25, 0.3) is 88.7 Å². The number of nitrogens with zero attached hydrogens (tertiary/aromatic N) is 20. The molecule has 0 saturated carbocycles. The lowest BCUT2D eigenvalue weighted by atomic mass is 10.1. The molecule has 0 spiro atoms. The van der Waals surface area contributed by atoms with Crippen molar-refractivity contribution in [1.29, 1.82) is 0 Å². The Morgan fingerprint density at radius 3 is 1.31 bits per heavy atom. The first-order chi connectivity index (χ1) is 48.5. The second kappa shape index (κ2) is 33.6. The van der Waals surface area contributed by atoms with Crippen LogP contribution >= 0.6 is 85.5 Å². The first-order valence-corrected chi connectivity index (χ1v) is 33.1. The van der Waals surface area contributed by atoms with Gasteiger partial charge in [-0.15, -0.1) is 12.3 Å². The van der Waals surface area contributed by atoms with Gasteiger partial charge < -0.3 is 42.5 Å². The lowest BCUT2D eigenvalue weighted by Gasteiger charge is -2.01. The van der Waals surface area contributed by atoms with Crippen LogP contribution in [0, 0.1) is 74.7 Å². The lowest BCUT2D eigenvalue weighted by Crippen LogP contribution is -2.23. The fourth-order valence-corrected chi connectivity index (χ4v) is 12.5. The van der Waals surface area contributed by atoms with E-state index >= 15 is 0 Å². The van der Waals surface area contributed by atoms with Crippen LogP contribution in [-0.4, -0.2) is 146 Å². The van der Waals surface area contributed by atoms with E-state index in [2.05, 4.69) is 114 Å². The number of hydrogen-bond acceptors (Lipinski definition) is 22. The van der Waals surface area contributed by atoms with Gasteiger partial charge in [-0.3, -0.25) is 24.1 Å². The van der Waals surface area contributed by atoms with Crippen molar-refractivity contribution in [2.24, 2.45) is 33.3 Å². The second-order valence-corrected chi connectivity index (χ2v) is 25.2. The van der Waals surface area contributed by atoms with E-state index in [1.165, 1.54) is 56.1 Å². The van der Waals surface area contributed by atoms with E-state index in [0.717, 1.165) is 135 Å². The molecule has 15 heterocycles. The molecule has 0 unspecified atom stereocenters. The number of hydrogen-bond donors (Lipinski definition) is 3. The highest BCUT2D eigenvalue weighted by Crippen LogP contribution is 2.39. The summed E-state index contributed by atoms with van der Waals surface area (Å²) in [7, 11) is 9.12. The summed E-state index contributed by atoms with van der Waals surface area (Å²) in [5.74, 6) is 3.69. The van der Waals surface area contributed by atoms with Crippen molar-refractivity contribution in [2.75, 3.05) is 7.05 Å². The van der Waals surface area contributed by atoms with E-state index in [1.54, 1.807) is 13.8 Å². The molecule has 102 heavy (non-hydrogen) atoms. The summed E-state index contributed by atoms with van der Waals surface area (Å²) in [5.41, 5.74) is 16.2. The normalized spacial score (nSPS) is 11.6. The molecule has 2 amide bonds. The number of aromatic nitrogens is 20. The van der Waals surface area contributed by atoms with E-state index in [-0.39, 0.29) is 11.8 Å². The van der Waals surface area contributed by atoms with Gasteiger partial charge in [0.2, 0.25) is 11.8 Å².